The van der Waals surface area contributed by atoms with Crippen molar-refractivity contribution in [3.8, 4) is 22.3 Å². The van der Waals surface area contributed by atoms with Crippen molar-refractivity contribution in [2.24, 2.45) is 0 Å². The van der Waals surface area contributed by atoms with Gasteiger partial charge in [-0.25, -0.2) is 0 Å². The maximum atomic E-state index is 2.66. The lowest BCUT2D eigenvalue weighted by Gasteiger charge is -2.43. The Bertz CT molecular complexity index is 3040. The van der Waals surface area contributed by atoms with Crippen LogP contribution in [0.15, 0.2) is 152 Å². The second-order valence-electron chi connectivity index (χ2n) is 18.8. The van der Waals surface area contributed by atoms with Gasteiger partial charge in [0.05, 0.1) is 11.1 Å². The van der Waals surface area contributed by atoms with Gasteiger partial charge in [-0.05, 0) is 129 Å². The van der Waals surface area contributed by atoms with Crippen LogP contribution in [0.4, 0.5) is 34.1 Å². The first-order valence-corrected chi connectivity index (χ1v) is 22.4. The van der Waals surface area contributed by atoms with Gasteiger partial charge < -0.3 is 9.80 Å². The van der Waals surface area contributed by atoms with Gasteiger partial charge in [-0.3, -0.25) is 0 Å². The lowest BCUT2D eigenvalue weighted by Crippen LogP contribution is -2.60. The van der Waals surface area contributed by atoms with Gasteiger partial charge in [-0.15, -0.1) is 11.3 Å². The predicted octanol–water partition coefficient (Wildman–Crippen LogP) is 13.2. The van der Waals surface area contributed by atoms with Crippen molar-refractivity contribution in [1.29, 1.82) is 0 Å². The van der Waals surface area contributed by atoms with Crippen molar-refractivity contribution in [3.05, 3.63) is 195 Å². The molecule has 4 heteroatoms. The van der Waals surface area contributed by atoms with Gasteiger partial charge in [0, 0.05) is 43.7 Å². The molecule has 2 nitrogen and oxygen atoms in total. The number of fused-ring (bicyclic) bond motifs is 15. The summed E-state index contributed by atoms with van der Waals surface area (Å²) in [5.74, 6) is 0.410. The van der Waals surface area contributed by atoms with Crippen molar-refractivity contribution in [3.63, 3.8) is 0 Å². The molecule has 8 aromatic rings. The van der Waals surface area contributed by atoms with E-state index in [2.05, 4.69) is 221 Å². The van der Waals surface area contributed by atoms with Gasteiger partial charge >= 0.3 is 0 Å². The van der Waals surface area contributed by atoms with Gasteiger partial charge in [0.1, 0.15) is 0 Å². The molecule has 1 spiro atoms. The Morgan fingerprint density at radius 2 is 1.17 bits per heavy atom. The molecule has 0 saturated carbocycles. The molecular formula is C56H47BN2S. The van der Waals surface area contributed by atoms with E-state index in [-0.39, 0.29) is 12.1 Å². The molecular weight excluding hydrogens is 744 g/mol. The standard InChI is InChI=1S/C56H47BN2S/c1-33(2)36-22-29-42-45(32-36)56(43-16-10-8-14-40(43)41-15-9-11-17-44(41)56)53-50(42)52-54(60-53)57-46-18-12-13-19-47(46)58(38-25-20-34(3)21-26-38)48-30-35(4)31-49(51(48)57)59(52)39-27-23-37(24-28-39)55(5,6)7/h8-33H,1-7H3. The Hall–Kier alpha value is -6.10. The molecule has 3 heterocycles. The molecule has 290 valence electrons. The molecule has 0 N–H and O–H groups in total. The fraction of sp³-hybridized carbons (Fsp3) is 0.179. The van der Waals surface area contributed by atoms with Crippen LogP contribution in [0.25, 0.3) is 22.3 Å². The number of thiophene rings is 1. The molecule has 0 bridgehead atoms. The molecule has 0 amide bonds. The summed E-state index contributed by atoms with van der Waals surface area (Å²) in [4.78, 5) is 6.63. The molecule has 7 aromatic carbocycles. The SMILES string of the molecule is Cc1ccc(N2c3ccccc3B3c4sc5c(c4N(c4ccc(C(C)(C)C)cc4)c4cc(C)cc2c43)-c2ccc(C(C)C)cc2C52c3ccccc3-c3ccccc32)cc1. The van der Waals surface area contributed by atoms with Crippen molar-refractivity contribution >= 4 is 67.9 Å². The van der Waals surface area contributed by atoms with Crippen LogP contribution in [0.2, 0.25) is 0 Å². The minimum absolute atomic E-state index is 0.0454. The smallest absolute Gasteiger partial charge is 0.264 e. The minimum Gasteiger partial charge on any atom is -0.311 e. The Kier molecular flexibility index (Phi) is 7.44. The van der Waals surface area contributed by atoms with Crippen LogP contribution < -0.4 is 25.5 Å². The summed E-state index contributed by atoms with van der Waals surface area (Å²) in [6.07, 6.45) is 0. The average molecular weight is 791 g/mol. The molecule has 12 rings (SSSR count). The number of aryl methyl sites for hydroxylation is 2. The maximum Gasteiger partial charge on any atom is 0.264 e. The van der Waals surface area contributed by atoms with E-state index in [1.807, 2.05) is 0 Å². The number of anilines is 6. The molecule has 0 fully saturated rings. The number of nitrogens with zero attached hydrogens (tertiary/aromatic N) is 2. The zero-order valence-corrected chi connectivity index (χ0v) is 36.2. The summed E-state index contributed by atoms with van der Waals surface area (Å²) in [5, 5.41) is 0. The van der Waals surface area contributed by atoms with Gasteiger partial charge in [-0.2, -0.15) is 0 Å². The highest BCUT2D eigenvalue weighted by molar-refractivity contribution is 7.30. The predicted molar refractivity (Wildman–Crippen MR) is 257 cm³/mol. The molecule has 0 unspecified atom stereocenters. The van der Waals surface area contributed by atoms with Crippen molar-refractivity contribution < 1.29 is 0 Å². The summed E-state index contributed by atoms with van der Waals surface area (Å²) in [6, 6.07) is 58.6. The van der Waals surface area contributed by atoms with Gasteiger partial charge in [0.15, 0.2) is 0 Å². The third-order valence-electron chi connectivity index (χ3n) is 13.9. The quantitative estimate of drug-likeness (QED) is 0.165. The van der Waals surface area contributed by atoms with E-state index >= 15 is 0 Å². The number of hydrogen-bond donors (Lipinski definition) is 0. The first-order chi connectivity index (χ1) is 29.1. The highest BCUT2D eigenvalue weighted by Crippen LogP contribution is 2.67. The lowest BCUT2D eigenvalue weighted by molar-refractivity contribution is 0.590. The number of rotatable bonds is 3. The third-order valence-corrected chi connectivity index (χ3v) is 15.3. The maximum absolute atomic E-state index is 2.66. The van der Waals surface area contributed by atoms with Crippen molar-refractivity contribution in [2.45, 2.75) is 65.2 Å². The van der Waals surface area contributed by atoms with Crippen LogP contribution in [0.5, 0.6) is 0 Å². The monoisotopic (exact) mass is 790 g/mol. The van der Waals surface area contributed by atoms with Gasteiger partial charge in [-0.1, -0.05) is 149 Å². The summed E-state index contributed by atoms with van der Waals surface area (Å²) in [6.45, 7) is 16.1. The minimum atomic E-state index is -0.431. The summed E-state index contributed by atoms with van der Waals surface area (Å²) >= 11 is 2.07. The van der Waals surface area contributed by atoms with Crippen LogP contribution in [0.3, 0.4) is 0 Å². The number of benzene rings is 7. The molecule has 1 aromatic heterocycles. The lowest BCUT2D eigenvalue weighted by atomic mass is 9.36. The van der Waals surface area contributed by atoms with Gasteiger partial charge in [0.25, 0.3) is 6.71 Å². The van der Waals surface area contributed by atoms with Crippen molar-refractivity contribution in [2.75, 3.05) is 9.80 Å². The number of para-hydroxylation sites is 1. The molecule has 2 aliphatic carbocycles. The van der Waals surface area contributed by atoms with Gasteiger partial charge in [0.2, 0.25) is 0 Å². The van der Waals surface area contributed by atoms with Crippen LogP contribution >= 0.6 is 11.3 Å². The van der Waals surface area contributed by atoms with Crippen LogP contribution in [0, 0.1) is 13.8 Å². The van der Waals surface area contributed by atoms with E-state index in [4.69, 9.17) is 0 Å². The second-order valence-corrected chi connectivity index (χ2v) is 19.9. The Balaban J connectivity index is 1.23. The van der Waals surface area contributed by atoms with E-state index in [1.165, 1.54) is 116 Å². The van der Waals surface area contributed by atoms with E-state index in [0.29, 0.717) is 5.92 Å². The van der Waals surface area contributed by atoms with E-state index < -0.39 is 5.41 Å². The second kappa shape index (κ2) is 12.5. The molecule has 60 heavy (non-hydrogen) atoms. The van der Waals surface area contributed by atoms with Crippen LogP contribution in [-0.4, -0.2) is 6.71 Å². The Morgan fingerprint density at radius 3 is 1.83 bits per heavy atom. The van der Waals surface area contributed by atoms with E-state index in [9.17, 15) is 0 Å². The topological polar surface area (TPSA) is 6.48 Å². The largest absolute Gasteiger partial charge is 0.311 e. The summed E-state index contributed by atoms with van der Waals surface area (Å²) in [7, 11) is 0. The zero-order valence-electron chi connectivity index (χ0n) is 35.4. The average Bonchev–Trinajstić information content (AvgIpc) is 3.87. The highest BCUT2D eigenvalue weighted by Gasteiger charge is 2.57. The Labute approximate surface area is 358 Å². The van der Waals surface area contributed by atoms with Crippen LogP contribution in [-0.2, 0) is 10.8 Å². The van der Waals surface area contributed by atoms with E-state index in [0.717, 1.165) is 0 Å². The summed E-state index contributed by atoms with van der Waals surface area (Å²) in [5.41, 5.74) is 24.8. The third kappa shape index (κ3) is 4.66. The van der Waals surface area contributed by atoms with E-state index in [1.54, 1.807) is 0 Å². The summed E-state index contributed by atoms with van der Waals surface area (Å²) < 4.78 is 1.42. The highest BCUT2D eigenvalue weighted by atomic mass is 32.1. The molecule has 4 aliphatic rings. The van der Waals surface area contributed by atoms with Crippen molar-refractivity contribution in [1.82, 2.24) is 0 Å². The first kappa shape index (κ1) is 35.8. The molecule has 2 aliphatic heterocycles. The first-order valence-electron chi connectivity index (χ1n) is 21.6. The molecule has 0 radical (unpaired) electrons. The normalized spacial score (nSPS) is 14.8. The zero-order chi connectivity index (χ0) is 40.8. The number of hydrogen-bond acceptors (Lipinski definition) is 3. The fourth-order valence-corrected chi connectivity index (χ4v) is 12.8. The fourth-order valence-electron chi connectivity index (χ4n) is 11.1. The molecule has 0 saturated heterocycles. The molecule has 0 atom stereocenters. The van der Waals surface area contributed by atoms with Crippen LogP contribution in [0.1, 0.15) is 84.4 Å². The Morgan fingerprint density at radius 1 is 0.567 bits per heavy atom.